The van der Waals surface area contributed by atoms with E-state index in [1.54, 1.807) is 13.0 Å². The average molecular weight is 566 g/mol. The van der Waals surface area contributed by atoms with Crippen molar-refractivity contribution in [1.82, 2.24) is 0 Å². The lowest BCUT2D eigenvalue weighted by atomic mass is 9.82. The molecule has 0 aromatic heterocycles. The van der Waals surface area contributed by atoms with Gasteiger partial charge in [-0.3, -0.25) is 14.4 Å². The highest BCUT2D eigenvalue weighted by Gasteiger charge is 2.33. The van der Waals surface area contributed by atoms with Crippen molar-refractivity contribution in [2.75, 3.05) is 13.2 Å². The number of esters is 2. The van der Waals surface area contributed by atoms with Crippen LogP contribution in [0.25, 0.3) is 0 Å². The van der Waals surface area contributed by atoms with Crippen LogP contribution < -0.4 is 15.2 Å². The largest absolute Gasteiger partial charge is 0.508 e. The maximum absolute atomic E-state index is 12.5. The number of nitrogens with two attached hydrogens (primary N) is 1. The van der Waals surface area contributed by atoms with Crippen LogP contribution >= 0.6 is 0 Å². The van der Waals surface area contributed by atoms with E-state index in [2.05, 4.69) is 0 Å². The molecule has 4 atom stereocenters. The molecule has 1 aromatic rings. The zero-order valence-corrected chi connectivity index (χ0v) is 24.6. The molecule has 3 N–H and O–H groups in total. The van der Waals surface area contributed by atoms with Crippen molar-refractivity contribution in [1.29, 1.82) is 0 Å². The first kappa shape index (κ1) is 34.9. The molecular weight excluding hydrogens is 518 g/mol. The number of unbranched alkanes of at least 4 members (excludes halogenated alkanes) is 4. The summed E-state index contributed by atoms with van der Waals surface area (Å²) in [5, 5.41) is 9.71. The monoisotopic (exact) mass is 565 g/mol. The van der Waals surface area contributed by atoms with Crippen LogP contribution in [0, 0.1) is 11.8 Å². The van der Waals surface area contributed by atoms with E-state index in [9.17, 15) is 24.3 Å². The van der Waals surface area contributed by atoms with Crippen LogP contribution in [-0.2, 0) is 23.9 Å². The van der Waals surface area contributed by atoms with Crippen molar-refractivity contribution >= 4 is 24.1 Å². The molecule has 0 fully saturated rings. The Labute approximate surface area is 237 Å². The highest BCUT2D eigenvalue weighted by atomic mass is 16.7. The Balaban J connectivity index is 3.22. The van der Waals surface area contributed by atoms with Crippen LogP contribution in [-0.4, -0.2) is 48.4 Å². The molecule has 0 aliphatic heterocycles. The van der Waals surface area contributed by atoms with Gasteiger partial charge in [0.15, 0.2) is 11.5 Å². The van der Waals surface area contributed by atoms with Crippen LogP contribution in [0.5, 0.6) is 11.5 Å². The first-order chi connectivity index (χ1) is 19.0. The average Bonchev–Trinajstić information content (AvgIpc) is 2.92. The van der Waals surface area contributed by atoms with Crippen molar-refractivity contribution in [2.24, 2.45) is 17.6 Å². The van der Waals surface area contributed by atoms with Crippen molar-refractivity contribution in [3.05, 3.63) is 23.8 Å². The van der Waals surface area contributed by atoms with Gasteiger partial charge in [0.05, 0.1) is 13.2 Å². The van der Waals surface area contributed by atoms with Crippen LogP contribution in [0.1, 0.15) is 104 Å². The Bertz CT molecular complexity index is 949. The number of rotatable bonds is 19. The van der Waals surface area contributed by atoms with Gasteiger partial charge in [0.1, 0.15) is 6.04 Å². The molecule has 0 aliphatic rings. The number of carbonyl (C=O) groups is 4. The molecule has 40 heavy (non-hydrogen) atoms. The van der Waals surface area contributed by atoms with Crippen LogP contribution in [0.3, 0.4) is 0 Å². The minimum Gasteiger partial charge on any atom is -0.480 e. The summed E-state index contributed by atoms with van der Waals surface area (Å²) in [5.74, 6) is -3.32. The van der Waals surface area contributed by atoms with Gasteiger partial charge in [0.25, 0.3) is 0 Å². The number of hydrogen-bond acceptors (Lipinski definition) is 9. The molecule has 0 saturated heterocycles. The molecule has 0 heterocycles. The minimum absolute atomic E-state index is 0.00603. The molecule has 1 aromatic carbocycles. The smallest absolute Gasteiger partial charge is 0.480 e. The second-order valence-corrected chi connectivity index (χ2v) is 10.3. The number of hydrogen-bond donors (Lipinski definition) is 2. The molecule has 0 bridgehead atoms. The van der Waals surface area contributed by atoms with E-state index in [0.29, 0.717) is 18.4 Å². The van der Waals surface area contributed by atoms with E-state index in [1.807, 2.05) is 27.7 Å². The Morgan fingerprint density at radius 3 is 1.90 bits per heavy atom. The van der Waals surface area contributed by atoms with Gasteiger partial charge in [-0.1, -0.05) is 72.8 Å². The van der Waals surface area contributed by atoms with Gasteiger partial charge in [-0.05, 0) is 42.4 Å². The van der Waals surface area contributed by atoms with E-state index in [4.69, 9.17) is 24.7 Å². The summed E-state index contributed by atoms with van der Waals surface area (Å²) in [5.41, 5.74) is 6.50. The molecular formula is C30H47NO9. The first-order valence-corrected chi connectivity index (χ1v) is 14.4. The van der Waals surface area contributed by atoms with Gasteiger partial charge in [0, 0.05) is 18.8 Å². The Kier molecular flexibility index (Phi) is 16.6. The lowest BCUT2D eigenvalue weighted by molar-refractivity contribution is -0.139. The van der Waals surface area contributed by atoms with Crippen molar-refractivity contribution in [2.45, 2.75) is 104 Å². The Morgan fingerprint density at radius 1 is 0.825 bits per heavy atom. The van der Waals surface area contributed by atoms with E-state index in [-0.39, 0.29) is 43.5 Å². The molecule has 10 heteroatoms. The molecule has 0 aliphatic carbocycles. The third kappa shape index (κ3) is 12.8. The molecule has 0 radical (unpaired) electrons. The van der Waals surface area contributed by atoms with Gasteiger partial charge in [-0.15, -0.1) is 0 Å². The summed E-state index contributed by atoms with van der Waals surface area (Å²) < 4.78 is 21.4. The molecule has 1 rings (SSSR count). The number of benzene rings is 1. The molecule has 0 amide bonds. The number of carboxylic acids is 1. The predicted molar refractivity (Wildman–Crippen MR) is 150 cm³/mol. The van der Waals surface area contributed by atoms with E-state index >= 15 is 0 Å². The van der Waals surface area contributed by atoms with Gasteiger partial charge in [-0.2, -0.15) is 0 Å². The van der Waals surface area contributed by atoms with Gasteiger partial charge < -0.3 is 29.8 Å². The zero-order chi connectivity index (χ0) is 30.1. The van der Waals surface area contributed by atoms with Crippen LogP contribution in [0.2, 0.25) is 0 Å². The van der Waals surface area contributed by atoms with E-state index in [1.165, 1.54) is 12.1 Å². The zero-order valence-electron chi connectivity index (χ0n) is 24.6. The number of aliphatic carboxylic acids is 1. The lowest BCUT2D eigenvalue weighted by Crippen LogP contribution is -2.40. The molecule has 3 unspecified atom stereocenters. The van der Waals surface area contributed by atoms with Gasteiger partial charge in [0.2, 0.25) is 0 Å². The fourth-order valence-corrected chi connectivity index (χ4v) is 4.00. The standard InChI is InChI=1S/C30H47NO9/c1-6-9-11-13-25(32)39-23-16-15-22(17-24(23)40-26(33)14-12-10-7-2)27(28(31)29(34)35)21(5)19-38-30(36)37-18-20(4)8-3/h15-17,20-21,27-28H,6-14,18-19,31H2,1-5H3,(H,34,35)/t20?,21?,27?,28-/m0/s1. The summed E-state index contributed by atoms with van der Waals surface area (Å²) >= 11 is 0. The summed E-state index contributed by atoms with van der Waals surface area (Å²) in [6.07, 6.45) is 5.34. The SMILES string of the molecule is CCCCCC(=O)Oc1ccc(C(C(C)COC(=O)OCC(C)CC)[C@H](N)C(=O)O)cc1OC(=O)CCCCC. The topological polar surface area (TPSA) is 151 Å². The van der Waals surface area contributed by atoms with E-state index < -0.39 is 41.9 Å². The Hall–Kier alpha value is -3.14. The normalized spacial score (nSPS) is 13.9. The van der Waals surface area contributed by atoms with Crippen molar-refractivity contribution < 1.29 is 43.2 Å². The molecule has 0 saturated carbocycles. The third-order valence-electron chi connectivity index (χ3n) is 6.70. The quantitative estimate of drug-likeness (QED) is 0.116. The number of carboxylic acid groups (broad SMARTS) is 1. The van der Waals surface area contributed by atoms with E-state index in [0.717, 1.165) is 32.1 Å². The summed E-state index contributed by atoms with van der Waals surface area (Å²) in [6.45, 7) is 9.74. The predicted octanol–water partition coefficient (Wildman–Crippen LogP) is 5.99. The van der Waals surface area contributed by atoms with Gasteiger partial charge in [-0.25, -0.2) is 4.79 Å². The van der Waals surface area contributed by atoms with Gasteiger partial charge >= 0.3 is 24.1 Å². The second kappa shape index (κ2) is 19.0. The first-order valence-electron chi connectivity index (χ1n) is 14.4. The van der Waals surface area contributed by atoms with Crippen LogP contribution in [0.4, 0.5) is 4.79 Å². The number of carbonyl (C=O) groups excluding carboxylic acids is 3. The Morgan fingerprint density at radius 2 is 1.38 bits per heavy atom. The molecule has 226 valence electrons. The third-order valence-corrected chi connectivity index (χ3v) is 6.70. The second-order valence-electron chi connectivity index (χ2n) is 10.3. The molecule has 0 spiro atoms. The summed E-state index contributed by atoms with van der Waals surface area (Å²) in [4.78, 5) is 48.9. The number of ether oxygens (including phenoxy) is 4. The summed E-state index contributed by atoms with van der Waals surface area (Å²) in [7, 11) is 0. The fourth-order valence-electron chi connectivity index (χ4n) is 4.00. The van der Waals surface area contributed by atoms with Crippen molar-refractivity contribution in [3.8, 4) is 11.5 Å². The lowest BCUT2D eigenvalue weighted by Gasteiger charge is -2.28. The highest BCUT2D eigenvalue weighted by Crippen LogP contribution is 2.36. The maximum Gasteiger partial charge on any atom is 0.508 e. The van der Waals surface area contributed by atoms with Crippen molar-refractivity contribution in [3.63, 3.8) is 0 Å². The summed E-state index contributed by atoms with van der Waals surface area (Å²) in [6, 6.07) is 3.16. The fraction of sp³-hybridized carbons (Fsp3) is 0.667. The minimum atomic E-state index is -1.36. The molecule has 10 nitrogen and oxygen atoms in total. The van der Waals surface area contributed by atoms with Crippen LogP contribution in [0.15, 0.2) is 18.2 Å². The maximum atomic E-state index is 12.5. The highest BCUT2D eigenvalue weighted by molar-refractivity contribution is 5.77.